The molecule has 5 heteroatoms. The molecule has 0 N–H and O–H groups in total. The second kappa shape index (κ2) is 6.82. The van der Waals surface area contributed by atoms with Crippen LogP contribution in [-0.4, -0.2) is 38.6 Å². The van der Waals surface area contributed by atoms with Crippen LogP contribution in [0.4, 0.5) is 0 Å². The standard InChI is InChI=1S/C17H25NO3S/c1-13(2)14-7-5-10-18(11-9-14)17(19)15-6-4-8-16(12-15)22(3,20)21/h4,6,8,12-14H,5,7,9-11H2,1-3H3. The molecule has 1 heterocycles. The number of benzene rings is 1. The van der Waals surface area contributed by atoms with Crippen LogP contribution in [-0.2, 0) is 9.84 Å². The molecule has 1 aliphatic rings. The highest BCUT2D eigenvalue weighted by atomic mass is 32.2. The molecule has 1 amide bonds. The zero-order chi connectivity index (χ0) is 16.3. The molecule has 1 unspecified atom stereocenters. The van der Waals surface area contributed by atoms with E-state index >= 15 is 0 Å². The van der Waals surface area contributed by atoms with Crippen molar-refractivity contribution in [2.45, 2.75) is 38.0 Å². The van der Waals surface area contributed by atoms with Crippen LogP contribution >= 0.6 is 0 Å². The molecule has 0 bridgehead atoms. The van der Waals surface area contributed by atoms with Gasteiger partial charge in [0.25, 0.3) is 5.91 Å². The second-order valence-corrected chi connectivity index (χ2v) is 8.54. The first-order valence-electron chi connectivity index (χ1n) is 7.88. The maximum Gasteiger partial charge on any atom is 0.253 e. The Kier molecular flexibility index (Phi) is 5.27. The van der Waals surface area contributed by atoms with Crippen molar-refractivity contribution in [3.8, 4) is 0 Å². The molecular formula is C17H25NO3S. The van der Waals surface area contributed by atoms with Crippen LogP contribution in [0.25, 0.3) is 0 Å². The molecule has 0 aliphatic carbocycles. The van der Waals surface area contributed by atoms with E-state index in [2.05, 4.69) is 13.8 Å². The third-order valence-electron chi connectivity index (χ3n) is 4.51. The van der Waals surface area contributed by atoms with E-state index in [0.29, 0.717) is 17.4 Å². The molecule has 0 spiro atoms. The summed E-state index contributed by atoms with van der Waals surface area (Å²) in [7, 11) is -3.29. The van der Waals surface area contributed by atoms with Crippen LogP contribution in [0.5, 0.6) is 0 Å². The zero-order valence-corrected chi connectivity index (χ0v) is 14.4. The number of carbonyl (C=O) groups excluding carboxylic acids is 1. The number of nitrogens with zero attached hydrogens (tertiary/aromatic N) is 1. The predicted octanol–water partition coefficient (Wildman–Crippen LogP) is 2.99. The fourth-order valence-electron chi connectivity index (χ4n) is 3.03. The van der Waals surface area contributed by atoms with E-state index in [1.54, 1.807) is 12.1 Å². The lowest BCUT2D eigenvalue weighted by molar-refractivity contribution is 0.0758. The number of hydrogen-bond acceptors (Lipinski definition) is 3. The lowest BCUT2D eigenvalue weighted by Gasteiger charge is -2.22. The van der Waals surface area contributed by atoms with E-state index in [4.69, 9.17) is 0 Å². The monoisotopic (exact) mass is 323 g/mol. The van der Waals surface area contributed by atoms with Crippen molar-refractivity contribution in [2.24, 2.45) is 11.8 Å². The summed E-state index contributed by atoms with van der Waals surface area (Å²) in [5.41, 5.74) is 0.464. The summed E-state index contributed by atoms with van der Waals surface area (Å²) in [5.74, 6) is 1.25. The third-order valence-corrected chi connectivity index (χ3v) is 5.62. The summed E-state index contributed by atoms with van der Waals surface area (Å²) in [4.78, 5) is 14.7. The van der Waals surface area contributed by atoms with Gasteiger partial charge in [0.1, 0.15) is 0 Å². The van der Waals surface area contributed by atoms with E-state index in [0.717, 1.165) is 38.6 Å². The summed E-state index contributed by atoms with van der Waals surface area (Å²) < 4.78 is 23.3. The van der Waals surface area contributed by atoms with Gasteiger partial charge in [-0.3, -0.25) is 4.79 Å². The largest absolute Gasteiger partial charge is 0.339 e. The number of amides is 1. The zero-order valence-electron chi connectivity index (χ0n) is 13.6. The Balaban J connectivity index is 2.15. The number of sulfone groups is 1. The predicted molar refractivity (Wildman–Crippen MR) is 87.6 cm³/mol. The van der Waals surface area contributed by atoms with Crippen molar-refractivity contribution in [2.75, 3.05) is 19.3 Å². The average Bonchev–Trinajstić information content (AvgIpc) is 2.71. The van der Waals surface area contributed by atoms with Gasteiger partial charge in [-0.2, -0.15) is 0 Å². The Bertz CT molecular complexity index is 637. The van der Waals surface area contributed by atoms with Gasteiger partial charge in [0.2, 0.25) is 0 Å². The van der Waals surface area contributed by atoms with Gasteiger partial charge in [0, 0.05) is 24.9 Å². The van der Waals surface area contributed by atoms with Crippen molar-refractivity contribution >= 4 is 15.7 Å². The van der Waals surface area contributed by atoms with Crippen LogP contribution in [0, 0.1) is 11.8 Å². The van der Waals surface area contributed by atoms with Crippen LogP contribution in [0.1, 0.15) is 43.5 Å². The van der Waals surface area contributed by atoms with E-state index in [9.17, 15) is 13.2 Å². The first-order chi connectivity index (χ1) is 10.3. The lowest BCUT2D eigenvalue weighted by atomic mass is 9.89. The SMILES string of the molecule is CC(C)C1CCCN(C(=O)c2cccc(S(C)(=O)=O)c2)CC1. The average molecular weight is 323 g/mol. The first kappa shape index (κ1) is 17.0. The molecule has 4 nitrogen and oxygen atoms in total. The summed E-state index contributed by atoms with van der Waals surface area (Å²) in [5, 5.41) is 0. The minimum atomic E-state index is -3.29. The maximum atomic E-state index is 12.6. The molecule has 0 saturated carbocycles. The molecule has 1 saturated heterocycles. The molecule has 1 fully saturated rings. The number of likely N-dealkylation sites (tertiary alicyclic amines) is 1. The van der Waals surface area contributed by atoms with Gasteiger partial charge in [-0.15, -0.1) is 0 Å². The van der Waals surface area contributed by atoms with Gasteiger partial charge in [0.05, 0.1) is 4.90 Å². The number of rotatable bonds is 3. The Morgan fingerprint density at radius 3 is 2.59 bits per heavy atom. The Morgan fingerprint density at radius 1 is 1.23 bits per heavy atom. The van der Waals surface area contributed by atoms with Crippen molar-refractivity contribution in [3.05, 3.63) is 29.8 Å². The van der Waals surface area contributed by atoms with E-state index < -0.39 is 9.84 Å². The molecule has 1 aromatic carbocycles. The number of carbonyl (C=O) groups is 1. The molecule has 122 valence electrons. The molecule has 22 heavy (non-hydrogen) atoms. The van der Waals surface area contributed by atoms with Crippen LogP contribution in [0.2, 0.25) is 0 Å². The highest BCUT2D eigenvalue weighted by molar-refractivity contribution is 7.90. The smallest absolute Gasteiger partial charge is 0.253 e. The fraction of sp³-hybridized carbons (Fsp3) is 0.588. The van der Waals surface area contributed by atoms with Gasteiger partial charge in [-0.25, -0.2) is 8.42 Å². The van der Waals surface area contributed by atoms with E-state index in [1.807, 2.05) is 4.90 Å². The molecule has 1 aromatic rings. The summed E-state index contributed by atoms with van der Waals surface area (Å²) in [6.45, 7) is 5.98. The normalized spacial score (nSPS) is 20.0. The molecule has 1 aliphatic heterocycles. The quantitative estimate of drug-likeness (QED) is 0.859. The van der Waals surface area contributed by atoms with Crippen LogP contribution in [0.3, 0.4) is 0 Å². The molecule has 1 atom stereocenters. The Morgan fingerprint density at radius 2 is 1.95 bits per heavy atom. The van der Waals surface area contributed by atoms with Crippen molar-refractivity contribution < 1.29 is 13.2 Å². The van der Waals surface area contributed by atoms with E-state index in [-0.39, 0.29) is 10.8 Å². The van der Waals surface area contributed by atoms with Crippen LogP contribution < -0.4 is 0 Å². The lowest BCUT2D eigenvalue weighted by Crippen LogP contribution is -2.32. The number of hydrogen-bond donors (Lipinski definition) is 0. The van der Waals surface area contributed by atoms with Gasteiger partial charge in [-0.05, 0) is 49.3 Å². The maximum absolute atomic E-state index is 12.6. The molecular weight excluding hydrogens is 298 g/mol. The highest BCUT2D eigenvalue weighted by Gasteiger charge is 2.23. The minimum Gasteiger partial charge on any atom is -0.339 e. The molecule has 0 radical (unpaired) electrons. The summed E-state index contributed by atoms with van der Waals surface area (Å²) in [6, 6.07) is 6.35. The first-order valence-corrected chi connectivity index (χ1v) is 9.77. The summed E-state index contributed by atoms with van der Waals surface area (Å²) in [6.07, 6.45) is 4.36. The topological polar surface area (TPSA) is 54.5 Å². The van der Waals surface area contributed by atoms with Crippen molar-refractivity contribution in [1.82, 2.24) is 4.90 Å². The Hall–Kier alpha value is -1.36. The van der Waals surface area contributed by atoms with Crippen molar-refractivity contribution in [1.29, 1.82) is 0 Å². The van der Waals surface area contributed by atoms with Crippen LogP contribution in [0.15, 0.2) is 29.2 Å². The second-order valence-electron chi connectivity index (χ2n) is 6.53. The Labute approximate surface area is 133 Å². The van der Waals surface area contributed by atoms with Crippen molar-refractivity contribution in [3.63, 3.8) is 0 Å². The van der Waals surface area contributed by atoms with Gasteiger partial charge in [-0.1, -0.05) is 19.9 Å². The van der Waals surface area contributed by atoms with Gasteiger partial charge < -0.3 is 4.90 Å². The fourth-order valence-corrected chi connectivity index (χ4v) is 3.70. The third kappa shape index (κ3) is 4.09. The summed E-state index contributed by atoms with van der Waals surface area (Å²) >= 11 is 0. The highest BCUT2D eigenvalue weighted by Crippen LogP contribution is 2.25. The molecule has 0 aromatic heterocycles. The van der Waals surface area contributed by atoms with Gasteiger partial charge >= 0.3 is 0 Å². The van der Waals surface area contributed by atoms with Gasteiger partial charge in [0.15, 0.2) is 9.84 Å². The van der Waals surface area contributed by atoms with E-state index in [1.165, 1.54) is 12.1 Å². The minimum absolute atomic E-state index is 0.0603. The molecule has 2 rings (SSSR count).